The Bertz CT molecular complexity index is 1270. The Morgan fingerprint density at radius 1 is 0.923 bits per heavy atom. The monoisotopic (exact) mass is 561 g/mol. The van der Waals surface area contributed by atoms with Gasteiger partial charge in [-0.3, -0.25) is 5.73 Å². The van der Waals surface area contributed by atoms with E-state index >= 15 is 0 Å². The molecule has 2 aromatic carbocycles. The second-order valence-electron chi connectivity index (χ2n) is 9.10. The summed E-state index contributed by atoms with van der Waals surface area (Å²) in [7, 11) is 1.01. The van der Waals surface area contributed by atoms with Crippen molar-refractivity contribution in [3.05, 3.63) is 35.4 Å². The zero-order valence-corrected chi connectivity index (χ0v) is 24.4. The average molecular weight is 562 g/mol. The molecule has 3 unspecified atom stereocenters. The molecule has 1 aliphatic heterocycles. The topological polar surface area (TPSA) is 116 Å². The summed E-state index contributed by atoms with van der Waals surface area (Å²) in [6, 6.07) is 7.12. The van der Waals surface area contributed by atoms with Gasteiger partial charge in [0.25, 0.3) is 0 Å². The molecule has 9 nitrogen and oxygen atoms in total. The van der Waals surface area contributed by atoms with Gasteiger partial charge >= 0.3 is 0 Å². The first-order chi connectivity index (χ1) is 18.7. The molecule has 1 aliphatic rings. The van der Waals surface area contributed by atoms with Crippen molar-refractivity contribution in [1.82, 2.24) is 0 Å². The predicted molar refractivity (Wildman–Crippen MR) is 149 cm³/mol. The number of hydrogen-bond donors (Lipinski definition) is 1. The minimum absolute atomic E-state index is 0.0290. The molecule has 1 saturated heterocycles. The fourth-order valence-corrected chi connectivity index (χ4v) is 6.06. The maximum atomic E-state index is 13.4. The molecule has 0 spiro atoms. The van der Waals surface area contributed by atoms with E-state index < -0.39 is 16.1 Å². The molecule has 39 heavy (non-hydrogen) atoms. The number of nitrogens with two attached hydrogens (primary N) is 1. The summed E-state index contributed by atoms with van der Waals surface area (Å²) in [5, 5.41) is 0. The largest absolute Gasteiger partial charge is 0.493 e. The normalized spacial score (nSPS) is 17.6. The van der Waals surface area contributed by atoms with Crippen LogP contribution in [0.3, 0.4) is 0 Å². The molecule has 214 valence electrons. The van der Waals surface area contributed by atoms with Crippen LogP contribution in [0.5, 0.6) is 28.7 Å². The van der Waals surface area contributed by atoms with Crippen molar-refractivity contribution in [1.29, 1.82) is 0 Å². The number of rotatable bonds is 13. The number of hydrogen-bond acceptors (Lipinski definition) is 9. The Labute approximate surface area is 231 Å². The van der Waals surface area contributed by atoms with Gasteiger partial charge in [0.05, 0.1) is 45.9 Å². The summed E-state index contributed by atoms with van der Waals surface area (Å²) in [5.41, 5.74) is 7.57. The first-order valence-electron chi connectivity index (χ1n) is 13.1. The Hall–Kier alpha value is -3.13. The minimum atomic E-state index is -3.67. The number of ether oxygens (including phenoxy) is 6. The van der Waals surface area contributed by atoms with Crippen molar-refractivity contribution in [3.63, 3.8) is 0 Å². The standard InChI is InChI=1S/C29H39NO8S/c1-7-10-27(30)38-25-17-20(18-26(29(25)36-13-8-2)39(31,32)14-9-3)22-12-11-21(37-22)19-15-23(33-4)28(35-6)24(16-19)34-5/h15-18,21-22,27H,8-9,11-14,30H2,1-6H3. The minimum Gasteiger partial charge on any atom is -0.493 e. The van der Waals surface area contributed by atoms with Crippen LogP contribution < -0.4 is 29.4 Å². The summed E-state index contributed by atoms with van der Waals surface area (Å²) in [5.74, 6) is 7.39. The fraction of sp³-hybridized carbons (Fsp3) is 0.517. The Balaban J connectivity index is 2.06. The third-order valence-electron chi connectivity index (χ3n) is 6.29. The molecular weight excluding hydrogens is 522 g/mol. The van der Waals surface area contributed by atoms with Gasteiger partial charge in [-0.2, -0.15) is 0 Å². The van der Waals surface area contributed by atoms with Gasteiger partial charge in [-0.15, -0.1) is 5.92 Å². The lowest BCUT2D eigenvalue weighted by atomic mass is 10.0. The SMILES string of the molecule is CC#CC(N)Oc1cc(C2CCC(c3cc(OC)c(OC)c(OC)c3)O2)cc(S(=O)(=O)CCC)c1OCCC. The van der Waals surface area contributed by atoms with E-state index in [1.807, 2.05) is 26.0 Å². The van der Waals surface area contributed by atoms with Crippen LogP contribution in [0.15, 0.2) is 29.2 Å². The molecule has 2 N–H and O–H groups in total. The Morgan fingerprint density at radius 2 is 1.51 bits per heavy atom. The first-order valence-corrected chi connectivity index (χ1v) is 14.7. The molecule has 0 aliphatic carbocycles. The predicted octanol–water partition coefficient (Wildman–Crippen LogP) is 4.96. The highest BCUT2D eigenvalue weighted by Crippen LogP contribution is 2.48. The van der Waals surface area contributed by atoms with Crippen molar-refractivity contribution in [3.8, 4) is 40.6 Å². The van der Waals surface area contributed by atoms with E-state index in [0.29, 0.717) is 55.1 Å². The summed E-state index contributed by atoms with van der Waals surface area (Å²) in [6.45, 7) is 5.74. The van der Waals surface area contributed by atoms with E-state index in [9.17, 15) is 8.42 Å². The summed E-state index contributed by atoms with van der Waals surface area (Å²) in [4.78, 5) is 0.0711. The van der Waals surface area contributed by atoms with Crippen molar-refractivity contribution in [2.24, 2.45) is 5.73 Å². The number of methoxy groups -OCH3 is 3. The van der Waals surface area contributed by atoms with Crippen LogP contribution >= 0.6 is 0 Å². The molecule has 1 heterocycles. The maximum Gasteiger partial charge on any atom is 0.211 e. The average Bonchev–Trinajstić information content (AvgIpc) is 3.41. The molecule has 3 atom stereocenters. The van der Waals surface area contributed by atoms with Crippen molar-refractivity contribution < 1.29 is 36.8 Å². The number of sulfone groups is 1. The molecule has 3 rings (SSSR count). The lowest BCUT2D eigenvalue weighted by Gasteiger charge is -2.22. The molecular formula is C29H39NO8S. The molecule has 0 radical (unpaired) electrons. The van der Waals surface area contributed by atoms with E-state index in [1.54, 1.807) is 40.4 Å². The van der Waals surface area contributed by atoms with Crippen molar-refractivity contribution in [2.75, 3.05) is 33.7 Å². The highest BCUT2D eigenvalue weighted by molar-refractivity contribution is 7.91. The Kier molecular flexibility index (Phi) is 10.7. The number of benzene rings is 2. The second kappa shape index (κ2) is 13.8. The summed E-state index contributed by atoms with van der Waals surface area (Å²) in [6.07, 6.45) is 0.897. The van der Waals surface area contributed by atoms with Crippen LogP contribution in [0.4, 0.5) is 0 Å². The van der Waals surface area contributed by atoms with E-state index in [-0.39, 0.29) is 34.4 Å². The molecule has 1 fully saturated rings. The van der Waals surface area contributed by atoms with Gasteiger partial charge in [-0.05, 0) is 73.9 Å². The van der Waals surface area contributed by atoms with Gasteiger partial charge < -0.3 is 28.4 Å². The smallest absolute Gasteiger partial charge is 0.211 e. The van der Waals surface area contributed by atoms with E-state index in [0.717, 1.165) is 5.56 Å². The molecule has 10 heteroatoms. The summed E-state index contributed by atoms with van der Waals surface area (Å²) < 4.78 is 61.5. The molecule has 0 bridgehead atoms. The van der Waals surface area contributed by atoms with Crippen LogP contribution in [0, 0.1) is 11.8 Å². The van der Waals surface area contributed by atoms with Crippen LogP contribution in [0.25, 0.3) is 0 Å². The van der Waals surface area contributed by atoms with Crippen molar-refractivity contribution in [2.45, 2.75) is 69.8 Å². The van der Waals surface area contributed by atoms with Crippen LogP contribution in [0.1, 0.15) is 69.8 Å². The molecule has 0 saturated carbocycles. The lowest BCUT2D eigenvalue weighted by molar-refractivity contribution is 0.0434. The third-order valence-corrected chi connectivity index (χ3v) is 8.21. The molecule has 2 aromatic rings. The van der Waals surface area contributed by atoms with Gasteiger partial charge in [-0.1, -0.05) is 13.8 Å². The van der Waals surface area contributed by atoms with Gasteiger partial charge in [0.15, 0.2) is 32.8 Å². The van der Waals surface area contributed by atoms with Gasteiger partial charge in [0.2, 0.25) is 12.0 Å². The quantitative estimate of drug-likeness (QED) is 0.267. The van der Waals surface area contributed by atoms with Crippen molar-refractivity contribution >= 4 is 9.84 Å². The van der Waals surface area contributed by atoms with Gasteiger partial charge in [0, 0.05) is 0 Å². The zero-order valence-electron chi connectivity index (χ0n) is 23.5. The zero-order chi connectivity index (χ0) is 28.6. The highest BCUT2D eigenvalue weighted by atomic mass is 32.2. The molecule has 0 amide bonds. The lowest BCUT2D eigenvalue weighted by Crippen LogP contribution is -2.25. The van der Waals surface area contributed by atoms with Crippen LogP contribution in [-0.2, 0) is 14.6 Å². The highest BCUT2D eigenvalue weighted by Gasteiger charge is 2.33. The third kappa shape index (κ3) is 7.10. The van der Waals surface area contributed by atoms with E-state index in [2.05, 4.69) is 11.8 Å². The van der Waals surface area contributed by atoms with Crippen LogP contribution in [-0.4, -0.2) is 48.3 Å². The maximum absolute atomic E-state index is 13.4. The van der Waals surface area contributed by atoms with E-state index in [1.165, 1.54) is 0 Å². The van der Waals surface area contributed by atoms with Crippen LogP contribution in [0.2, 0.25) is 0 Å². The first kappa shape index (κ1) is 30.4. The molecule has 0 aromatic heterocycles. The van der Waals surface area contributed by atoms with Gasteiger partial charge in [-0.25, -0.2) is 8.42 Å². The van der Waals surface area contributed by atoms with E-state index in [4.69, 9.17) is 34.2 Å². The summed E-state index contributed by atoms with van der Waals surface area (Å²) >= 11 is 0. The van der Waals surface area contributed by atoms with Gasteiger partial charge in [0.1, 0.15) is 4.90 Å². The Morgan fingerprint density at radius 3 is 2.03 bits per heavy atom. The second-order valence-corrected chi connectivity index (χ2v) is 11.2. The fourth-order valence-electron chi connectivity index (χ4n) is 4.55.